The number of hydrogen-bond donors (Lipinski definition) is 2. The fourth-order valence-electron chi connectivity index (χ4n) is 3.76. The maximum atomic E-state index is 13.1. The molecule has 0 spiro atoms. The first-order valence-electron chi connectivity index (χ1n) is 10.6. The minimum atomic E-state index is -0.219. The molecule has 0 saturated carbocycles. The Kier molecular flexibility index (Phi) is 6.64. The molecule has 1 aromatic heterocycles. The van der Waals surface area contributed by atoms with Crippen LogP contribution in [0.15, 0.2) is 59.4 Å². The molecule has 4 rings (SSSR count). The summed E-state index contributed by atoms with van der Waals surface area (Å²) in [6, 6.07) is 17.0. The Balaban J connectivity index is 1.55. The summed E-state index contributed by atoms with van der Waals surface area (Å²) >= 11 is 0. The van der Waals surface area contributed by atoms with Crippen molar-refractivity contribution in [2.24, 2.45) is 0 Å². The molecule has 7 nitrogen and oxygen atoms in total. The monoisotopic (exact) mass is 420 g/mol. The molecule has 2 amide bonds. The van der Waals surface area contributed by atoms with E-state index in [2.05, 4.69) is 15.2 Å². The van der Waals surface area contributed by atoms with Gasteiger partial charge in [0.2, 0.25) is 0 Å². The van der Waals surface area contributed by atoms with Gasteiger partial charge in [-0.1, -0.05) is 29.8 Å². The van der Waals surface area contributed by atoms with Crippen molar-refractivity contribution in [1.29, 1.82) is 0 Å². The largest absolute Gasteiger partial charge is 0.379 e. The highest BCUT2D eigenvalue weighted by atomic mass is 16.5. The van der Waals surface area contributed by atoms with E-state index in [1.807, 2.05) is 61.5 Å². The minimum Gasteiger partial charge on any atom is -0.379 e. The predicted molar refractivity (Wildman–Crippen MR) is 122 cm³/mol. The average molecular weight is 421 g/mol. The molecule has 0 atom stereocenters. The number of nitrogens with one attached hydrogen (secondary N) is 2. The lowest BCUT2D eigenvalue weighted by atomic mass is 10.1. The number of aryl methyl sites for hydroxylation is 1. The van der Waals surface area contributed by atoms with Gasteiger partial charge in [-0.3, -0.25) is 9.69 Å². The summed E-state index contributed by atoms with van der Waals surface area (Å²) in [5.41, 5.74) is 3.06. The molecular formula is C24H28N4O3. The Hall–Kier alpha value is -3.16. The Morgan fingerprint density at radius 3 is 2.68 bits per heavy atom. The number of urea groups is 1. The van der Waals surface area contributed by atoms with Crippen molar-refractivity contribution in [3.63, 3.8) is 0 Å². The van der Waals surface area contributed by atoms with Crippen LogP contribution in [0.5, 0.6) is 0 Å². The van der Waals surface area contributed by atoms with Crippen molar-refractivity contribution < 1.29 is 9.53 Å². The van der Waals surface area contributed by atoms with Crippen LogP contribution >= 0.6 is 0 Å². The standard InChI is InChI=1S/C24H28N4O3/c1-18-7-8-22-19(15-18)16-20(23(29)26-22)17-28(10-9-27-11-13-31-14-12-27)24(30)25-21-5-3-2-4-6-21/h2-8,15-16H,9-14,17H2,1H3,(H,25,30)(H,26,29). The summed E-state index contributed by atoms with van der Waals surface area (Å²) in [4.78, 5) is 32.7. The Bertz CT molecular complexity index is 1090. The first-order valence-corrected chi connectivity index (χ1v) is 10.6. The van der Waals surface area contributed by atoms with Crippen molar-refractivity contribution in [3.8, 4) is 0 Å². The number of hydrogen-bond acceptors (Lipinski definition) is 4. The third-order valence-corrected chi connectivity index (χ3v) is 5.54. The molecule has 1 aliphatic heterocycles. The molecule has 31 heavy (non-hydrogen) atoms. The molecule has 3 aromatic rings. The van der Waals surface area contributed by atoms with Gasteiger partial charge >= 0.3 is 6.03 Å². The van der Waals surface area contributed by atoms with Gasteiger partial charge in [-0.2, -0.15) is 0 Å². The number of rotatable bonds is 6. The Morgan fingerprint density at radius 1 is 1.13 bits per heavy atom. The number of carbonyl (C=O) groups excluding carboxylic acids is 1. The number of nitrogens with zero attached hydrogens (tertiary/aromatic N) is 2. The second kappa shape index (κ2) is 9.76. The number of H-pyrrole nitrogens is 1. The number of para-hydroxylation sites is 1. The molecule has 7 heteroatoms. The van der Waals surface area contributed by atoms with Gasteiger partial charge in [0.05, 0.1) is 19.8 Å². The zero-order valence-electron chi connectivity index (χ0n) is 17.8. The number of amides is 2. The molecule has 1 fully saturated rings. The summed E-state index contributed by atoms with van der Waals surface area (Å²) in [5.74, 6) is 0. The second-order valence-electron chi connectivity index (χ2n) is 7.89. The number of pyridine rings is 1. The lowest BCUT2D eigenvalue weighted by Crippen LogP contribution is -2.44. The summed E-state index contributed by atoms with van der Waals surface area (Å²) < 4.78 is 5.41. The zero-order chi connectivity index (χ0) is 21.6. The van der Waals surface area contributed by atoms with Gasteiger partial charge in [0.15, 0.2) is 0 Å². The number of morpholine rings is 1. The number of aromatic nitrogens is 1. The van der Waals surface area contributed by atoms with E-state index in [0.717, 1.165) is 41.8 Å². The Morgan fingerprint density at radius 2 is 1.90 bits per heavy atom. The summed E-state index contributed by atoms with van der Waals surface area (Å²) in [6.45, 7) is 6.63. The van der Waals surface area contributed by atoms with Crippen LogP contribution in [-0.2, 0) is 11.3 Å². The van der Waals surface area contributed by atoms with Crippen LogP contribution in [0.25, 0.3) is 10.9 Å². The SMILES string of the molecule is Cc1ccc2[nH]c(=O)c(CN(CCN3CCOCC3)C(=O)Nc3ccccc3)cc2c1. The van der Waals surface area contributed by atoms with Gasteiger partial charge in [-0.25, -0.2) is 4.79 Å². The number of benzene rings is 2. The van der Waals surface area contributed by atoms with E-state index in [1.165, 1.54) is 0 Å². The fourth-order valence-corrected chi connectivity index (χ4v) is 3.76. The molecule has 0 aliphatic carbocycles. The van der Waals surface area contributed by atoms with E-state index in [0.29, 0.717) is 25.3 Å². The summed E-state index contributed by atoms with van der Waals surface area (Å²) in [6.07, 6.45) is 0. The molecule has 0 unspecified atom stereocenters. The number of anilines is 1. The highest BCUT2D eigenvalue weighted by Crippen LogP contribution is 2.15. The molecular weight excluding hydrogens is 392 g/mol. The highest BCUT2D eigenvalue weighted by Gasteiger charge is 2.19. The van der Waals surface area contributed by atoms with Crippen molar-refractivity contribution >= 4 is 22.6 Å². The van der Waals surface area contributed by atoms with Crippen LogP contribution in [0.2, 0.25) is 0 Å². The van der Waals surface area contributed by atoms with E-state index in [4.69, 9.17) is 4.74 Å². The first kappa shape index (κ1) is 21.1. The third kappa shape index (κ3) is 5.51. The highest BCUT2D eigenvalue weighted by molar-refractivity contribution is 5.89. The van der Waals surface area contributed by atoms with Gasteiger partial charge < -0.3 is 19.9 Å². The normalized spacial score (nSPS) is 14.5. The molecule has 1 aliphatic rings. The first-order chi connectivity index (χ1) is 15.1. The van der Waals surface area contributed by atoms with E-state index < -0.39 is 0 Å². The van der Waals surface area contributed by atoms with Gasteiger partial charge in [-0.05, 0) is 42.6 Å². The summed E-state index contributed by atoms with van der Waals surface area (Å²) in [7, 11) is 0. The molecule has 1 saturated heterocycles. The zero-order valence-corrected chi connectivity index (χ0v) is 17.8. The van der Waals surface area contributed by atoms with Gasteiger partial charge in [0.25, 0.3) is 5.56 Å². The minimum absolute atomic E-state index is 0.166. The number of ether oxygens (including phenoxy) is 1. The van der Waals surface area contributed by atoms with Crippen LogP contribution in [0.4, 0.5) is 10.5 Å². The molecule has 2 heterocycles. The quantitative estimate of drug-likeness (QED) is 0.642. The van der Waals surface area contributed by atoms with Crippen molar-refractivity contribution in [1.82, 2.24) is 14.8 Å². The summed E-state index contributed by atoms with van der Waals surface area (Å²) in [5, 5.41) is 3.91. The molecule has 2 aromatic carbocycles. The molecule has 162 valence electrons. The van der Waals surface area contributed by atoms with Gasteiger partial charge in [0, 0.05) is 42.9 Å². The maximum absolute atomic E-state index is 13.1. The molecule has 0 radical (unpaired) electrons. The van der Waals surface area contributed by atoms with E-state index >= 15 is 0 Å². The van der Waals surface area contributed by atoms with Crippen molar-refractivity contribution in [2.45, 2.75) is 13.5 Å². The topological polar surface area (TPSA) is 77.7 Å². The van der Waals surface area contributed by atoms with Crippen LogP contribution < -0.4 is 10.9 Å². The van der Waals surface area contributed by atoms with Crippen LogP contribution in [0, 0.1) is 6.92 Å². The second-order valence-corrected chi connectivity index (χ2v) is 7.89. The van der Waals surface area contributed by atoms with Gasteiger partial charge in [0.1, 0.15) is 0 Å². The van der Waals surface area contributed by atoms with E-state index in [-0.39, 0.29) is 18.1 Å². The number of fused-ring (bicyclic) bond motifs is 1. The van der Waals surface area contributed by atoms with Crippen LogP contribution in [0.3, 0.4) is 0 Å². The van der Waals surface area contributed by atoms with Crippen molar-refractivity contribution in [3.05, 3.63) is 76.1 Å². The lowest BCUT2D eigenvalue weighted by molar-refractivity contribution is 0.0349. The van der Waals surface area contributed by atoms with Crippen LogP contribution in [-0.4, -0.2) is 60.2 Å². The average Bonchev–Trinajstić information content (AvgIpc) is 2.78. The number of aromatic amines is 1. The van der Waals surface area contributed by atoms with Gasteiger partial charge in [-0.15, -0.1) is 0 Å². The third-order valence-electron chi connectivity index (χ3n) is 5.54. The fraction of sp³-hybridized carbons (Fsp3) is 0.333. The van der Waals surface area contributed by atoms with Crippen LogP contribution in [0.1, 0.15) is 11.1 Å². The maximum Gasteiger partial charge on any atom is 0.322 e. The number of carbonyl (C=O) groups is 1. The van der Waals surface area contributed by atoms with E-state index in [1.54, 1.807) is 4.90 Å². The lowest BCUT2D eigenvalue weighted by Gasteiger charge is -2.30. The van der Waals surface area contributed by atoms with E-state index in [9.17, 15) is 9.59 Å². The van der Waals surface area contributed by atoms with Crippen molar-refractivity contribution in [2.75, 3.05) is 44.7 Å². The smallest absolute Gasteiger partial charge is 0.322 e. The predicted octanol–water partition coefficient (Wildman–Crippen LogP) is 3.20. The Labute approximate surface area is 181 Å². The molecule has 0 bridgehead atoms. The molecule has 2 N–H and O–H groups in total.